The summed E-state index contributed by atoms with van der Waals surface area (Å²) < 4.78 is 22.4. The van der Waals surface area contributed by atoms with E-state index in [0.717, 1.165) is 38.4 Å². The van der Waals surface area contributed by atoms with Crippen LogP contribution in [-0.2, 0) is 0 Å². The summed E-state index contributed by atoms with van der Waals surface area (Å²) in [6.45, 7) is 3.46. The third-order valence-electron chi connectivity index (χ3n) is 6.51. The maximum absolute atomic E-state index is 15.1. The van der Waals surface area contributed by atoms with Gasteiger partial charge in [0.1, 0.15) is 18.0 Å². The van der Waals surface area contributed by atoms with E-state index in [-0.39, 0.29) is 23.6 Å². The molecule has 0 unspecified atom stereocenters. The van der Waals surface area contributed by atoms with Crippen LogP contribution in [0.1, 0.15) is 42.6 Å². The molecule has 28 heavy (non-hydrogen) atoms. The normalized spacial score (nSPS) is 25.0. The first-order valence-electron chi connectivity index (χ1n) is 9.62. The molecule has 3 N–H and O–H groups in total. The number of aromatic carboxylic acids is 1. The summed E-state index contributed by atoms with van der Waals surface area (Å²) in [4.78, 5) is 26.3. The maximum atomic E-state index is 15.1. The van der Waals surface area contributed by atoms with Crippen molar-refractivity contribution in [3.8, 4) is 5.75 Å². The molecule has 148 valence electrons. The van der Waals surface area contributed by atoms with Crippen molar-refractivity contribution in [3.63, 3.8) is 0 Å². The monoisotopic (exact) mass is 387 g/mol. The zero-order chi connectivity index (χ0) is 19.8. The zero-order valence-electron chi connectivity index (χ0n) is 15.6. The number of carbonyl (C=O) groups is 1. The van der Waals surface area contributed by atoms with Gasteiger partial charge < -0.3 is 20.5 Å². The van der Waals surface area contributed by atoms with Crippen LogP contribution in [0.4, 0.5) is 10.1 Å². The molecule has 8 heteroatoms. The molecule has 1 saturated heterocycles. The van der Waals surface area contributed by atoms with Crippen molar-refractivity contribution < 1.29 is 19.0 Å². The van der Waals surface area contributed by atoms with Crippen molar-refractivity contribution in [2.45, 2.75) is 37.8 Å². The highest BCUT2D eigenvalue weighted by molar-refractivity contribution is 5.97. The fourth-order valence-electron chi connectivity index (χ4n) is 4.66. The number of aromatic nitrogens is 1. The molecule has 2 aromatic rings. The van der Waals surface area contributed by atoms with Gasteiger partial charge in [0.05, 0.1) is 17.2 Å². The van der Waals surface area contributed by atoms with Gasteiger partial charge in [-0.2, -0.15) is 0 Å². The molecule has 5 rings (SSSR count). The van der Waals surface area contributed by atoms with Gasteiger partial charge in [0.25, 0.3) is 5.56 Å². The van der Waals surface area contributed by atoms with Crippen LogP contribution in [0.25, 0.3) is 10.9 Å². The number of pyridine rings is 1. The third kappa shape index (κ3) is 2.37. The Balaban J connectivity index is 1.70. The van der Waals surface area contributed by atoms with Gasteiger partial charge in [-0.15, -0.1) is 0 Å². The highest BCUT2D eigenvalue weighted by atomic mass is 19.1. The van der Waals surface area contributed by atoms with E-state index in [1.165, 1.54) is 10.6 Å². The maximum Gasteiger partial charge on any atom is 0.341 e. The zero-order valence-corrected chi connectivity index (χ0v) is 15.6. The van der Waals surface area contributed by atoms with Gasteiger partial charge in [-0.05, 0) is 38.2 Å². The standard InChI is InChI=1S/C20H22FN3O4/c1-10-9-28-17-15(23-5-2-11(8-23)20(22)3-4-20)7-14(21)12-6-13(19(26)27)18(25)24(10)16(12)17/h6-7,10-11H,2-5,8-9,22H2,1H3,(H,26,27)/t10-,11+/m0/s1. The fourth-order valence-corrected chi connectivity index (χ4v) is 4.66. The number of ether oxygens (including phenoxy) is 1. The minimum atomic E-state index is -1.36. The van der Waals surface area contributed by atoms with E-state index >= 15 is 4.39 Å². The summed E-state index contributed by atoms with van der Waals surface area (Å²) >= 11 is 0. The second-order valence-corrected chi connectivity index (χ2v) is 8.33. The fraction of sp³-hybridized carbons (Fsp3) is 0.500. The Bertz CT molecular complexity index is 1080. The van der Waals surface area contributed by atoms with E-state index in [1.807, 2.05) is 0 Å². The average molecular weight is 387 g/mol. The topological polar surface area (TPSA) is 97.8 Å². The number of nitrogens with zero attached hydrogens (tertiary/aromatic N) is 2. The Morgan fingerprint density at radius 2 is 2.14 bits per heavy atom. The van der Waals surface area contributed by atoms with Crippen LogP contribution in [0.5, 0.6) is 5.75 Å². The van der Waals surface area contributed by atoms with Crippen molar-refractivity contribution in [3.05, 3.63) is 33.9 Å². The quantitative estimate of drug-likeness (QED) is 0.837. The van der Waals surface area contributed by atoms with Crippen molar-refractivity contribution in [1.82, 2.24) is 4.57 Å². The third-order valence-corrected chi connectivity index (χ3v) is 6.51. The highest BCUT2D eigenvalue weighted by Crippen LogP contribution is 2.47. The molecular weight excluding hydrogens is 365 g/mol. The molecule has 7 nitrogen and oxygen atoms in total. The van der Waals surface area contributed by atoms with Gasteiger partial charge in [-0.3, -0.25) is 9.36 Å². The molecule has 3 aliphatic rings. The van der Waals surface area contributed by atoms with Crippen molar-refractivity contribution in [1.29, 1.82) is 0 Å². The molecule has 2 aliphatic heterocycles. The van der Waals surface area contributed by atoms with Gasteiger partial charge in [0.15, 0.2) is 5.75 Å². The number of anilines is 1. The van der Waals surface area contributed by atoms with Crippen LogP contribution >= 0.6 is 0 Å². The molecule has 0 amide bonds. The molecule has 1 aromatic heterocycles. The average Bonchev–Trinajstić information content (AvgIpc) is 3.20. The Labute approximate surface area is 160 Å². The number of rotatable bonds is 3. The number of nitrogens with two attached hydrogens (primary N) is 1. The molecule has 3 heterocycles. The summed E-state index contributed by atoms with van der Waals surface area (Å²) in [6.07, 6.45) is 2.99. The lowest BCUT2D eigenvalue weighted by molar-refractivity contribution is 0.0694. The van der Waals surface area contributed by atoms with Gasteiger partial charge >= 0.3 is 5.97 Å². The van der Waals surface area contributed by atoms with Crippen LogP contribution < -0.4 is 20.9 Å². The lowest BCUT2D eigenvalue weighted by Gasteiger charge is -2.31. The minimum Gasteiger partial charge on any atom is -0.487 e. The van der Waals surface area contributed by atoms with E-state index < -0.39 is 22.9 Å². The van der Waals surface area contributed by atoms with E-state index in [4.69, 9.17) is 10.5 Å². The predicted octanol–water partition coefficient (Wildman–Crippen LogP) is 2.11. The smallest absolute Gasteiger partial charge is 0.341 e. The molecule has 1 aromatic carbocycles. The minimum absolute atomic E-state index is 0.0931. The SMILES string of the molecule is C[C@H]1COc2c(N3CC[C@@H](C4(N)CC4)C3)cc(F)c3cc(C(=O)O)c(=O)n1c23. The van der Waals surface area contributed by atoms with E-state index in [9.17, 15) is 14.7 Å². The van der Waals surface area contributed by atoms with E-state index in [2.05, 4.69) is 4.90 Å². The van der Waals surface area contributed by atoms with Crippen molar-refractivity contribution in [2.75, 3.05) is 24.6 Å². The lowest BCUT2D eigenvalue weighted by Crippen LogP contribution is -2.36. The number of benzene rings is 1. The van der Waals surface area contributed by atoms with Gasteiger partial charge in [0.2, 0.25) is 0 Å². The van der Waals surface area contributed by atoms with Gasteiger partial charge in [-0.1, -0.05) is 0 Å². The Morgan fingerprint density at radius 3 is 2.82 bits per heavy atom. The number of halogens is 1. The van der Waals surface area contributed by atoms with Crippen molar-refractivity contribution >= 4 is 22.6 Å². The molecule has 1 saturated carbocycles. The molecule has 0 radical (unpaired) electrons. The number of hydrogen-bond donors (Lipinski definition) is 2. The number of carboxylic acids is 1. The summed E-state index contributed by atoms with van der Waals surface area (Å²) in [5.41, 5.74) is 6.15. The van der Waals surface area contributed by atoms with Crippen LogP contribution in [0.2, 0.25) is 0 Å². The molecule has 0 bridgehead atoms. The van der Waals surface area contributed by atoms with Crippen LogP contribution in [-0.4, -0.2) is 40.9 Å². The molecular formula is C20H22FN3O4. The Morgan fingerprint density at radius 1 is 1.39 bits per heavy atom. The summed E-state index contributed by atoms with van der Waals surface area (Å²) in [6, 6.07) is 2.13. The van der Waals surface area contributed by atoms with Crippen molar-refractivity contribution in [2.24, 2.45) is 11.7 Å². The predicted molar refractivity (Wildman–Crippen MR) is 102 cm³/mol. The number of carboxylic acid groups (broad SMARTS) is 1. The Kier molecular flexibility index (Phi) is 3.56. The summed E-state index contributed by atoms with van der Waals surface area (Å²) in [5.74, 6) is -1.11. The second-order valence-electron chi connectivity index (χ2n) is 8.33. The molecule has 2 atom stereocenters. The van der Waals surface area contributed by atoms with Gasteiger partial charge in [0, 0.05) is 30.1 Å². The van der Waals surface area contributed by atoms with Gasteiger partial charge in [-0.25, -0.2) is 9.18 Å². The number of hydrogen-bond acceptors (Lipinski definition) is 5. The Hall–Kier alpha value is -2.61. The van der Waals surface area contributed by atoms with Crippen LogP contribution in [0.3, 0.4) is 0 Å². The first-order chi connectivity index (χ1) is 13.3. The molecule has 0 spiro atoms. The molecule has 2 fully saturated rings. The first kappa shape index (κ1) is 17.5. The largest absolute Gasteiger partial charge is 0.487 e. The molecule has 1 aliphatic carbocycles. The summed E-state index contributed by atoms with van der Waals surface area (Å²) in [7, 11) is 0. The first-order valence-corrected chi connectivity index (χ1v) is 9.62. The summed E-state index contributed by atoms with van der Waals surface area (Å²) in [5, 5.41) is 9.45. The highest BCUT2D eigenvalue weighted by Gasteiger charge is 2.48. The van der Waals surface area contributed by atoms with Crippen LogP contribution in [0, 0.1) is 11.7 Å². The van der Waals surface area contributed by atoms with E-state index in [1.54, 1.807) is 6.92 Å². The van der Waals surface area contributed by atoms with Crippen LogP contribution in [0.15, 0.2) is 16.9 Å². The lowest BCUT2D eigenvalue weighted by atomic mass is 9.97. The van der Waals surface area contributed by atoms with E-state index in [0.29, 0.717) is 22.9 Å². The second kappa shape index (κ2) is 5.70.